The molecule has 0 amide bonds. The maximum atomic E-state index is 12.3. The Balaban J connectivity index is 1.85. The van der Waals surface area contributed by atoms with Crippen molar-refractivity contribution in [3.63, 3.8) is 0 Å². The quantitative estimate of drug-likeness (QED) is 0.503. The zero-order chi connectivity index (χ0) is 14.1. The molecule has 4 aliphatic rings. The molecule has 0 radical (unpaired) electrons. The van der Waals surface area contributed by atoms with Crippen molar-refractivity contribution in [2.24, 2.45) is 22.7 Å². The first kappa shape index (κ1) is 12.4. The van der Waals surface area contributed by atoms with Gasteiger partial charge < -0.3 is 9.47 Å². The largest absolute Gasteiger partial charge is 0.461 e. The van der Waals surface area contributed by atoms with Gasteiger partial charge in [0.25, 0.3) is 0 Å². The van der Waals surface area contributed by atoms with Crippen LogP contribution in [0.4, 0.5) is 0 Å². The van der Waals surface area contributed by atoms with Gasteiger partial charge in [0.2, 0.25) is 0 Å². The lowest BCUT2D eigenvalue weighted by Crippen LogP contribution is -2.54. The second-order valence-corrected chi connectivity index (χ2v) is 7.28. The van der Waals surface area contributed by atoms with Crippen LogP contribution >= 0.6 is 0 Å². The van der Waals surface area contributed by atoms with Gasteiger partial charge in [0.05, 0.1) is 11.8 Å². The zero-order valence-corrected chi connectivity index (χ0v) is 12.0. The summed E-state index contributed by atoms with van der Waals surface area (Å²) in [6.45, 7) is 4.67. The normalized spacial score (nSPS) is 49.7. The van der Waals surface area contributed by atoms with E-state index in [2.05, 4.69) is 19.9 Å². The molecule has 0 N–H and O–H groups in total. The van der Waals surface area contributed by atoms with Crippen molar-refractivity contribution in [2.75, 3.05) is 6.61 Å². The van der Waals surface area contributed by atoms with Crippen molar-refractivity contribution in [1.82, 2.24) is 0 Å². The summed E-state index contributed by atoms with van der Waals surface area (Å²) in [6.07, 6.45) is 5.40. The average Bonchev–Trinajstić information content (AvgIpc) is 2.64. The molecule has 4 heteroatoms. The summed E-state index contributed by atoms with van der Waals surface area (Å²) in [7, 11) is 0. The van der Waals surface area contributed by atoms with Crippen LogP contribution in [0, 0.1) is 22.7 Å². The SMILES string of the molecule is C[C@@]12CCC[C@]3(C)C4CC(=O)OCC4=CC(OC1=O)[C@@H]23. The van der Waals surface area contributed by atoms with Crippen molar-refractivity contribution in [3.05, 3.63) is 11.6 Å². The molecule has 0 aromatic carbocycles. The highest BCUT2D eigenvalue weighted by Gasteiger charge is 2.66. The van der Waals surface area contributed by atoms with Gasteiger partial charge in [-0.25, -0.2) is 0 Å². The number of cyclic esters (lactones) is 1. The number of ether oxygens (including phenoxy) is 2. The minimum absolute atomic E-state index is 0.0205. The van der Waals surface area contributed by atoms with Gasteiger partial charge in [0.1, 0.15) is 12.7 Å². The molecular formula is C16H20O4. The first-order chi connectivity index (χ1) is 9.45. The van der Waals surface area contributed by atoms with Gasteiger partial charge >= 0.3 is 11.9 Å². The molecule has 0 bridgehead atoms. The molecule has 2 heterocycles. The number of rotatable bonds is 0. The molecule has 1 saturated carbocycles. The number of hydrogen-bond donors (Lipinski definition) is 0. The van der Waals surface area contributed by atoms with Crippen LogP contribution in [0.2, 0.25) is 0 Å². The summed E-state index contributed by atoms with van der Waals surface area (Å²) >= 11 is 0. The van der Waals surface area contributed by atoms with Gasteiger partial charge in [0, 0.05) is 5.92 Å². The summed E-state index contributed by atoms with van der Waals surface area (Å²) in [6, 6.07) is 0. The lowest BCUT2D eigenvalue weighted by Gasteiger charge is -2.54. The fourth-order valence-corrected chi connectivity index (χ4v) is 5.34. The van der Waals surface area contributed by atoms with Crippen LogP contribution in [0.25, 0.3) is 0 Å². The minimum atomic E-state index is -0.374. The molecule has 2 saturated heterocycles. The van der Waals surface area contributed by atoms with Gasteiger partial charge in [-0.15, -0.1) is 0 Å². The van der Waals surface area contributed by atoms with E-state index in [1.807, 2.05) is 0 Å². The van der Waals surface area contributed by atoms with Crippen LogP contribution in [-0.4, -0.2) is 24.6 Å². The van der Waals surface area contributed by atoms with E-state index in [0.717, 1.165) is 24.8 Å². The van der Waals surface area contributed by atoms with Crippen molar-refractivity contribution in [1.29, 1.82) is 0 Å². The lowest BCUT2D eigenvalue weighted by atomic mass is 9.48. The fourth-order valence-electron chi connectivity index (χ4n) is 5.34. The Labute approximate surface area is 118 Å². The third-order valence-electron chi connectivity index (χ3n) is 6.24. The second kappa shape index (κ2) is 3.66. The van der Waals surface area contributed by atoms with Crippen LogP contribution in [0.5, 0.6) is 0 Å². The summed E-state index contributed by atoms with van der Waals surface area (Å²) in [4.78, 5) is 24.0. The Morgan fingerprint density at radius 1 is 1.25 bits per heavy atom. The van der Waals surface area contributed by atoms with Crippen LogP contribution in [-0.2, 0) is 19.1 Å². The van der Waals surface area contributed by atoms with Crippen molar-refractivity contribution in [2.45, 2.75) is 45.6 Å². The number of carbonyl (C=O) groups is 2. The maximum Gasteiger partial charge on any atom is 0.312 e. The Morgan fingerprint density at radius 2 is 2.05 bits per heavy atom. The molecule has 3 fully saturated rings. The molecule has 5 atom stereocenters. The van der Waals surface area contributed by atoms with E-state index in [1.54, 1.807) is 0 Å². The van der Waals surface area contributed by atoms with E-state index < -0.39 is 0 Å². The Morgan fingerprint density at radius 3 is 2.85 bits per heavy atom. The highest BCUT2D eigenvalue weighted by molar-refractivity contribution is 5.81. The van der Waals surface area contributed by atoms with Gasteiger partial charge in [-0.2, -0.15) is 0 Å². The maximum absolute atomic E-state index is 12.3. The van der Waals surface area contributed by atoms with E-state index in [9.17, 15) is 9.59 Å². The Kier molecular flexibility index (Phi) is 2.27. The molecule has 4 rings (SSSR count). The smallest absolute Gasteiger partial charge is 0.312 e. The van der Waals surface area contributed by atoms with E-state index in [-0.39, 0.29) is 40.7 Å². The predicted molar refractivity (Wildman–Crippen MR) is 70.6 cm³/mol. The number of carbonyl (C=O) groups excluding carboxylic acids is 2. The molecule has 0 aromatic heterocycles. The first-order valence-electron chi connectivity index (χ1n) is 7.52. The predicted octanol–water partition coefficient (Wildman–Crippen LogP) is 2.23. The van der Waals surface area contributed by atoms with Gasteiger partial charge in [0.15, 0.2) is 0 Å². The zero-order valence-electron chi connectivity index (χ0n) is 12.0. The van der Waals surface area contributed by atoms with Crippen LogP contribution in [0.1, 0.15) is 39.5 Å². The molecule has 0 spiro atoms. The lowest BCUT2D eigenvalue weighted by molar-refractivity contribution is -0.152. The molecule has 0 aromatic rings. The van der Waals surface area contributed by atoms with Crippen molar-refractivity contribution >= 4 is 11.9 Å². The standard InChI is InChI=1S/C16H20O4/c1-15-4-3-5-16(2)13(15)11(20-14(16)18)6-9-8-19-12(17)7-10(9)15/h6,10-11,13H,3-5,7-8H2,1-2H3/t10?,11?,13-,15-,16+/m1/s1. The summed E-state index contributed by atoms with van der Waals surface area (Å²) in [5.41, 5.74) is 0.765. The second-order valence-electron chi connectivity index (χ2n) is 7.28. The van der Waals surface area contributed by atoms with E-state index >= 15 is 0 Å². The number of fused-ring (bicyclic) bond motifs is 2. The topological polar surface area (TPSA) is 52.6 Å². The Bertz CT molecular complexity index is 537. The van der Waals surface area contributed by atoms with Gasteiger partial charge in [-0.3, -0.25) is 9.59 Å². The summed E-state index contributed by atoms with van der Waals surface area (Å²) in [5, 5.41) is 0. The van der Waals surface area contributed by atoms with Gasteiger partial charge in [-0.1, -0.05) is 13.3 Å². The molecule has 2 aliphatic heterocycles. The van der Waals surface area contributed by atoms with Crippen LogP contribution in [0.15, 0.2) is 11.6 Å². The first-order valence-corrected chi connectivity index (χ1v) is 7.52. The van der Waals surface area contributed by atoms with Crippen molar-refractivity contribution < 1.29 is 19.1 Å². The summed E-state index contributed by atoms with van der Waals surface area (Å²) in [5.74, 6) is 0.264. The van der Waals surface area contributed by atoms with Gasteiger partial charge in [-0.05, 0) is 42.7 Å². The molecule has 20 heavy (non-hydrogen) atoms. The molecule has 2 unspecified atom stereocenters. The highest BCUT2D eigenvalue weighted by atomic mass is 16.6. The summed E-state index contributed by atoms with van der Waals surface area (Å²) < 4.78 is 10.9. The minimum Gasteiger partial charge on any atom is -0.461 e. The molecule has 2 aliphatic carbocycles. The number of hydrogen-bond acceptors (Lipinski definition) is 4. The number of esters is 2. The van der Waals surface area contributed by atoms with Crippen LogP contribution in [0.3, 0.4) is 0 Å². The van der Waals surface area contributed by atoms with E-state index in [0.29, 0.717) is 13.0 Å². The van der Waals surface area contributed by atoms with Crippen molar-refractivity contribution in [3.8, 4) is 0 Å². The molecule has 108 valence electrons. The van der Waals surface area contributed by atoms with E-state index in [4.69, 9.17) is 9.47 Å². The Hall–Kier alpha value is -1.32. The van der Waals surface area contributed by atoms with Crippen LogP contribution < -0.4 is 0 Å². The monoisotopic (exact) mass is 276 g/mol. The third-order valence-corrected chi connectivity index (χ3v) is 6.24. The molecular weight excluding hydrogens is 256 g/mol. The fraction of sp³-hybridized carbons (Fsp3) is 0.750. The molecule has 4 nitrogen and oxygen atoms in total. The van der Waals surface area contributed by atoms with E-state index in [1.165, 1.54) is 0 Å². The third kappa shape index (κ3) is 1.32. The average molecular weight is 276 g/mol. The highest BCUT2D eigenvalue weighted by Crippen LogP contribution is 2.64.